The van der Waals surface area contributed by atoms with Crippen LogP contribution >= 0.6 is 0 Å². The molecular weight excluding hydrogens is 208 g/mol. The van der Waals surface area contributed by atoms with Crippen molar-refractivity contribution in [2.24, 2.45) is 0 Å². The van der Waals surface area contributed by atoms with Crippen molar-refractivity contribution in [2.45, 2.75) is 46.0 Å². The van der Waals surface area contributed by atoms with E-state index in [0.717, 1.165) is 35.3 Å². The van der Waals surface area contributed by atoms with Crippen LogP contribution in [0, 0.1) is 0 Å². The van der Waals surface area contributed by atoms with Crippen molar-refractivity contribution in [3.05, 3.63) is 35.7 Å². The molecule has 0 aliphatic rings. The number of aryl methyl sites for hydroxylation is 1. The summed E-state index contributed by atoms with van der Waals surface area (Å²) in [5, 5.41) is 0. The summed E-state index contributed by atoms with van der Waals surface area (Å²) in [5.41, 5.74) is 4.39. The van der Waals surface area contributed by atoms with Crippen LogP contribution in [-0.2, 0) is 11.8 Å². The minimum absolute atomic E-state index is 0.0996. The van der Waals surface area contributed by atoms with E-state index in [4.69, 9.17) is 9.97 Å². The number of fused-ring (bicyclic) bond motifs is 1. The summed E-state index contributed by atoms with van der Waals surface area (Å²) in [5.74, 6) is 0. The Morgan fingerprint density at radius 2 is 1.59 bits per heavy atom. The highest BCUT2D eigenvalue weighted by atomic mass is 14.8. The third-order valence-electron chi connectivity index (χ3n) is 3.50. The summed E-state index contributed by atoms with van der Waals surface area (Å²) >= 11 is 0. The smallest absolute Gasteiger partial charge is 0.0890 e. The van der Waals surface area contributed by atoms with Gasteiger partial charge in [0.25, 0.3) is 0 Å². The van der Waals surface area contributed by atoms with Gasteiger partial charge < -0.3 is 0 Å². The predicted molar refractivity (Wildman–Crippen MR) is 72.2 cm³/mol. The minimum atomic E-state index is 0.0996. The van der Waals surface area contributed by atoms with E-state index in [1.165, 1.54) is 0 Å². The molecule has 1 heterocycles. The fraction of sp³-hybridized carbons (Fsp3) is 0.467. The molecule has 0 saturated carbocycles. The second-order valence-electron chi connectivity index (χ2n) is 5.10. The lowest BCUT2D eigenvalue weighted by Crippen LogP contribution is -2.21. The van der Waals surface area contributed by atoms with Crippen molar-refractivity contribution in [1.82, 2.24) is 9.97 Å². The van der Waals surface area contributed by atoms with Crippen LogP contribution in [0.4, 0.5) is 0 Å². The largest absolute Gasteiger partial charge is 0.249 e. The average Bonchev–Trinajstić information content (AvgIpc) is 2.37. The molecule has 1 aromatic heterocycles. The normalized spacial score (nSPS) is 12.0. The van der Waals surface area contributed by atoms with E-state index < -0.39 is 0 Å². The molecule has 0 atom stereocenters. The Kier molecular flexibility index (Phi) is 3.14. The Morgan fingerprint density at radius 1 is 1.00 bits per heavy atom. The van der Waals surface area contributed by atoms with Crippen LogP contribution in [0.25, 0.3) is 11.0 Å². The highest BCUT2D eigenvalue weighted by Gasteiger charge is 2.24. The fourth-order valence-electron chi connectivity index (χ4n) is 1.99. The van der Waals surface area contributed by atoms with Gasteiger partial charge in [0.05, 0.1) is 22.4 Å². The van der Waals surface area contributed by atoms with Gasteiger partial charge >= 0.3 is 0 Å². The summed E-state index contributed by atoms with van der Waals surface area (Å²) in [4.78, 5) is 9.57. The van der Waals surface area contributed by atoms with E-state index in [1.54, 1.807) is 0 Å². The van der Waals surface area contributed by atoms with Crippen molar-refractivity contribution in [3.63, 3.8) is 0 Å². The van der Waals surface area contributed by atoms with Gasteiger partial charge in [-0.3, -0.25) is 0 Å². The molecule has 0 unspecified atom stereocenters. The lowest BCUT2D eigenvalue weighted by Gasteiger charge is -2.24. The van der Waals surface area contributed by atoms with E-state index in [1.807, 2.05) is 24.3 Å². The Morgan fingerprint density at radius 3 is 2.12 bits per heavy atom. The highest BCUT2D eigenvalue weighted by molar-refractivity contribution is 5.74. The number of rotatable bonds is 3. The van der Waals surface area contributed by atoms with E-state index in [0.29, 0.717) is 0 Å². The molecule has 2 heteroatoms. The average molecular weight is 228 g/mol. The van der Waals surface area contributed by atoms with Crippen LogP contribution in [0.5, 0.6) is 0 Å². The molecule has 0 saturated heterocycles. The van der Waals surface area contributed by atoms with Crippen LogP contribution in [0.15, 0.2) is 24.3 Å². The predicted octanol–water partition coefficient (Wildman–Crippen LogP) is 3.88. The number of benzene rings is 1. The quantitative estimate of drug-likeness (QED) is 0.796. The summed E-state index contributed by atoms with van der Waals surface area (Å²) < 4.78 is 0. The first kappa shape index (κ1) is 12.0. The number of aromatic nitrogens is 2. The van der Waals surface area contributed by atoms with E-state index >= 15 is 0 Å². The number of para-hydroxylation sites is 2. The lowest BCUT2D eigenvalue weighted by molar-refractivity contribution is 0.484. The molecule has 0 radical (unpaired) electrons. The minimum Gasteiger partial charge on any atom is -0.249 e. The molecular formula is C15H20N2. The molecule has 0 aliphatic carbocycles. The summed E-state index contributed by atoms with van der Waals surface area (Å²) in [6.45, 7) is 8.83. The van der Waals surface area contributed by atoms with Crippen LogP contribution in [0.2, 0.25) is 0 Å². The molecule has 2 rings (SSSR count). The maximum atomic E-state index is 4.83. The molecule has 0 spiro atoms. The monoisotopic (exact) mass is 228 g/mol. The van der Waals surface area contributed by atoms with Gasteiger partial charge in [-0.2, -0.15) is 0 Å². The first-order chi connectivity index (χ1) is 8.08. The maximum absolute atomic E-state index is 4.83. The van der Waals surface area contributed by atoms with Crippen LogP contribution < -0.4 is 0 Å². The van der Waals surface area contributed by atoms with Gasteiger partial charge in [0.1, 0.15) is 0 Å². The highest BCUT2D eigenvalue weighted by Crippen LogP contribution is 2.28. The Balaban J connectivity index is 2.69. The van der Waals surface area contributed by atoms with Crippen molar-refractivity contribution < 1.29 is 0 Å². The summed E-state index contributed by atoms with van der Waals surface area (Å²) in [7, 11) is 0. The molecule has 0 aliphatic heterocycles. The molecule has 2 nitrogen and oxygen atoms in total. The van der Waals surface area contributed by atoms with E-state index in [-0.39, 0.29) is 5.41 Å². The van der Waals surface area contributed by atoms with Crippen molar-refractivity contribution in [2.75, 3.05) is 0 Å². The molecule has 2 aromatic rings. The number of hydrogen-bond acceptors (Lipinski definition) is 2. The van der Waals surface area contributed by atoms with Crippen LogP contribution in [0.1, 0.15) is 45.5 Å². The molecule has 0 N–H and O–H groups in total. The van der Waals surface area contributed by atoms with Crippen molar-refractivity contribution >= 4 is 11.0 Å². The lowest BCUT2D eigenvalue weighted by atomic mass is 9.84. The first-order valence-electron chi connectivity index (χ1n) is 6.34. The summed E-state index contributed by atoms with van der Waals surface area (Å²) in [6.07, 6.45) is 2.02. The molecule has 0 bridgehead atoms. The van der Waals surface area contributed by atoms with Crippen molar-refractivity contribution in [1.29, 1.82) is 0 Å². The van der Waals surface area contributed by atoms with Crippen molar-refractivity contribution in [3.8, 4) is 0 Å². The SMILES string of the molecule is CCc1nc2ccccc2nc1C(C)(C)CC. The zero-order valence-corrected chi connectivity index (χ0v) is 11.1. The summed E-state index contributed by atoms with van der Waals surface area (Å²) in [6, 6.07) is 8.10. The van der Waals surface area contributed by atoms with Gasteiger partial charge in [0, 0.05) is 5.41 Å². The van der Waals surface area contributed by atoms with Gasteiger partial charge in [-0.25, -0.2) is 9.97 Å². The Labute approximate surface area is 103 Å². The second kappa shape index (κ2) is 4.44. The molecule has 0 amide bonds. The fourth-order valence-corrected chi connectivity index (χ4v) is 1.99. The standard InChI is InChI=1S/C15H20N2/c1-5-11-14(15(3,4)6-2)17-13-10-8-7-9-12(13)16-11/h7-10H,5-6H2,1-4H3. The van der Waals surface area contributed by atoms with Gasteiger partial charge in [-0.1, -0.05) is 39.8 Å². The second-order valence-corrected chi connectivity index (χ2v) is 5.10. The van der Waals surface area contributed by atoms with Gasteiger partial charge in [-0.15, -0.1) is 0 Å². The topological polar surface area (TPSA) is 25.8 Å². The third-order valence-corrected chi connectivity index (χ3v) is 3.50. The first-order valence-corrected chi connectivity index (χ1v) is 6.34. The Hall–Kier alpha value is -1.44. The molecule has 90 valence electrons. The number of nitrogens with zero attached hydrogens (tertiary/aromatic N) is 2. The number of hydrogen-bond donors (Lipinski definition) is 0. The van der Waals surface area contributed by atoms with Gasteiger partial charge in [0.15, 0.2) is 0 Å². The molecule has 1 aromatic carbocycles. The van der Waals surface area contributed by atoms with Gasteiger partial charge in [-0.05, 0) is 25.0 Å². The van der Waals surface area contributed by atoms with E-state index in [9.17, 15) is 0 Å². The zero-order chi connectivity index (χ0) is 12.5. The Bertz CT molecular complexity index is 529. The molecule has 17 heavy (non-hydrogen) atoms. The molecule has 0 fully saturated rings. The van der Waals surface area contributed by atoms with Gasteiger partial charge in [0.2, 0.25) is 0 Å². The maximum Gasteiger partial charge on any atom is 0.0890 e. The van der Waals surface area contributed by atoms with E-state index in [2.05, 4.69) is 27.7 Å². The van der Waals surface area contributed by atoms with Crippen LogP contribution in [-0.4, -0.2) is 9.97 Å². The van der Waals surface area contributed by atoms with Crippen LogP contribution in [0.3, 0.4) is 0 Å². The third kappa shape index (κ3) is 2.17. The zero-order valence-electron chi connectivity index (χ0n) is 11.1.